The van der Waals surface area contributed by atoms with Crippen LogP contribution in [-0.2, 0) is 11.2 Å². The molecule has 1 unspecified atom stereocenters. The van der Waals surface area contributed by atoms with E-state index in [4.69, 9.17) is 0 Å². The Hall–Kier alpha value is -1.13. The predicted molar refractivity (Wildman–Crippen MR) is 75.9 cm³/mol. The molecule has 2 rings (SSSR count). The van der Waals surface area contributed by atoms with Crippen molar-refractivity contribution < 1.29 is 9.18 Å². The summed E-state index contributed by atoms with van der Waals surface area (Å²) in [5.74, 6) is 0.238. The first-order valence-corrected chi connectivity index (χ1v) is 6.38. The molecule has 0 bridgehead atoms. The first kappa shape index (κ1) is 15.9. The van der Waals surface area contributed by atoms with Gasteiger partial charge in [-0.05, 0) is 24.1 Å². The Morgan fingerprint density at radius 1 is 1.53 bits per heavy atom. The number of amides is 1. The molecule has 1 atom stereocenters. The molecule has 1 amide bonds. The van der Waals surface area contributed by atoms with E-state index in [2.05, 4.69) is 10.6 Å². The molecule has 5 heteroatoms. The Kier molecular flexibility index (Phi) is 6.25. The van der Waals surface area contributed by atoms with Crippen molar-refractivity contribution in [2.24, 2.45) is 11.8 Å². The van der Waals surface area contributed by atoms with E-state index in [9.17, 15) is 9.18 Å². The van der Waals surface area contributed by atoms with E-state index in [0.717, 1.165) is 25.2 Å². The maximum absolute atomic E-state index is 13.0. The highest BCUT2D eigenvalue weighted by molar-refractivity contribution is 5.85. The van der Waals surface area contributed by atoms with Gasteiger partial charge < -0.3 is 10.6 Å². The predicted octanol–water partition coefficient (Wildman–Crippen LogP) is 1.76. The van der Waals surface area contributed by atoms with Gasteiger partial charge in [0.15, 0.2) is 0 Å². The second kappa shape index (κ2) is 7.46. The molecule has 2 N–H and O–H groups in total. The van der Waals surface area contributed by atoms with E-state index in [-0.39, 0.29) is 30.0 Å². The molecular weight excluding hydrogens is 267 g/mol. The molecule has 0 saturated carbocycles. The fourth-order valence-corrected chi connectivity index (χ4v) is 2.02. The van der Waals surface area contributed by atoms with Gasteiger partial charge in [0.2, 0.25) is 5.91 Å². The van der Waals surface area contributed by atoms with Crippen molar-refractivity contribution >= 4 is 18.3 Å². The average molecular weight is 287 g/mol. The molecule has 0 aromatic heterocycles. The summed E-state index contributed by atoms with van der Waals surface area (Å²) in [6.07, 6.45) is 0.576. The van der Waals surface area contributed by atoms with Crippen molar-refractivity contribution in [2.45, 2.75) is 13.3 Å². The van der Waals surface area contributed by atoms with E-state index in [0.29, 0.717) is 12.3 Å². The molecule has 1 saturated heterocycles. The number of benzene rings is 1. The van der Waals surface area contributed by atoms with Crippen molar-refractivity contribution in [2.75, 3.05) is 19.6 Å². The average Bonchev–Trinajstić information content (AvgIpc) is 2.26. The van der Waals surface area contributed by atoms with Crippen molar-refractivity contribution in [3.63, 3.8) is 0 Å². The highest BCUT2D eigenvalue weighted by Crippen LogP contribution is 2.10. The van der Waals surface area contributed by atoms with Crippen LogP contribution in [0.5, 0.6) is 0 Å². The molecule has 106 valence electrons. The molecule has 1 fully saturated rings. The van der Waals surface area contributed by atoms with Gasteiger partial charge in [0.1, 0.15) is 5.82 Å². The Morgan fingerprint density at radius 2 is 2.26 bits per heavy atom. The summed E-state index contributed by atoms with van der Waals surface area (Å²) in [6, 6.07) is 6.43. The van der Waals surface area contributed by atoms with Crippen LogP contribution in [0, 0.1) is 17.7 Å². The normalized spacial score (nSPS) is 16.1. The van der Waals surface area contributed by atoms with E-state index in [1.54, 1.807) is 6.07 Å². The van der Waals surface area contributed by atoms with Crippen LogP contribution in [0.25, 0.3) is 0 Å². The van der Waals surface area contributed by atoms with Crippen molar-refractivity contribution in [1.29, 1.82) is 0 Å². The standard InChI is InChI=1S/C14H19FN2O.ClH/c1-10(5-11-3-2-4-13(15)6-11)14(18)17-9-12-7-16-8-12;/h2-4,6,10,12,16H,5,7-9H2,1H3,(H,17,18);1H. The smallest absolute Gasteiger partial charge is 0.223 e. The third-order valence-corrected chi connectivity index (χ3v) is 3.31. The number of halogens is 2. The molecule has 1 heterocycles. The van der Waals surface area contributed by atoms with Gasteiger partial charge in [-0.1, -0.05) is 19.1 Å². The summed E-state index contributed by atoms with van der Waals surface area (Å²) in [5, 5.41) is 6.11. The van der Waals surface area contributed by atoms with Crippen molar-refractivity contribution in [3.05, 3.63) is 35.6 Å². The lowest BCUT2D eigenvalue weighted by Crippen LogP contribution is -2.48. The lowest BCUT2D eigenvalue weighted by atomic mass is 9.99. The number of rotatable bonds is 5. The maximum atomic E-state index is 13.0. The lowest BCUT2D eigenvalue weighted by molar-refractivity contribution is -0.124. The SMILES string of the molecule is CC(Cc1cccc(F)c1)C(=O)NCC1CNC1.Cl. The zero-order valence-electron chi connectivity index (χ0n) is 11.0. The zero-order chi connectivity index (χ0) is 13.0. The molecule has 0 radical (unpaired) electrons. The third kappa shape index (κ3) is 4.80. The lowest BCUT2D eigenvalue weighted by Gasteiger charge is -2.27. The number of hydrogen-bond donors (Lipinski definition) is 2. The van der Waals surface area contributed by atoms with Gasteiger partial charge in [-0.3, -0.25) is 4.79 Å². The van der Waals surface area contributed by atoms with E-state index in [1.807, 2.05) is 13.0 Å². The minimum absolute atomic E-state index is 0. The molecule has 3 nitrogen and oxygen atoms in total. The van der Waals surface area contributed by atoms with Crippen LogP contribution in [0.1, 0.15) is 12.5 Å². The second-order valence-corrected chi connectivity index (χ2v) is 5.00. The molecule has 0 spiro atoms. The van der Waals surface area contributed by atoms with Gasteiger partial charge in [0.05, 0.1) is 0 Å². The molecule has 1 aromatic rings. The summed E-state index contributed by atoms with van der Waals surface area (Å²) in [5.41, 5.74) is 0.864. The maximum Gasteiger partial charge on any atom is 0.223 e. The number of nitrogens with one attached hydrogen (secondary N) is 2. The summed E-state index contributed by atoms with van der Waals surface area (Å²) in [7, 11) is 0. The van der Waals surface area contributed by atoms with Crippen molar-refractivity contribution in [1.82, 2.24) is 10.6 Å². The summed E-state index contributed by atoms with van der Waals surface area (Å²) in [6.45, 7) is 4.58. The van der Waals surface area contributed by atoms with Gasteiger partial charge in [0.25, 0.3) is 0 Å². The quantitative estimate of drug-likeness (QED) is 0.866. The third-order valence-electron chi connectivity index (χ3n) is 3.31. The molecule has 1 aliphatic heterocycles. The summed E-state index contributed by atoms with van der Waals surface area (Å²) < 4.78 is 13.0. The second-order valence-electron chi connectivity index (χ2n) is 5.00. The fourth-order valence-electron chi connectivity index (χ4n) is 2.02. The van der Waals surface area contributed by atoms with Crippen LogP contribution >= 0.6 is 12.4 Å². The van der Waals surface area contributed by atoms with E-state index in [1.165, 1.54) is 12.1 Å². The van der Waals surface area contributed by atoms with Crippen LogP contribution in [0.3, 0.4) is 0 Å². The van der Waals surface area contributed by atoms with Crippen LogP contribution < -0.4 is 10.6 Å². The van der Waals surface area contributed by atoms with Gasteiger partial charge >= 0.3 is 0 Å². The van der Waals surface area contributed by atoms with Crippen molar-refractivity contribution in [3.8, 4) is 0 Å². The number of hydrogen-bond acceptors (Lipinski definition) is 2. The Labute approximate surface area is 119 Å². The Morgan fingerprint density at radius 3 is 2.84 bits per heavy atom. The summed E-state index contributed by atoms with van der Waals surface area (Å²) in [4.78, 5) is 11.9. The molecule has 0 aliphatic carbocycles. The molecule has 19 heavy (non-hydrogen) atoms. The monoisotopic (exact) mass is 286 g/mol. The van der Waals surface area contributed by atoms with Crippen LogP contribution in [0.4, 0.5) is 4.39 Å². The largest absolute Gasteiger partial charge is 0.355 e. The van der Waals surface area contributed by atoms with Crippen LogP contribution in [0.15, 0.2) is 24.3 Å². The Bertz CT molecular complexity index is 424. The van der Waals surface area contributed by atoms with E-state index >= 15 is 0 Å². The first-order valence-electron chi connectivity index (χ1n) is 6.38. The summed E-state index contributed by atoms with van der Waals surface area (Å²) >= 11 is 0. The molecule has 1 aliphatic rings. The van der Waals surface area contributed by atoms with Gasteiger partial charge in [0, 0.05) is 31.5 Å². The fraction of sp³-hybridized carbons (Fsp3) is 0.500. The first-order chi connectivity index (χ1) is 8.65. The number of carbonyl (C=O) groups excluding carboxylic acids is 1. The van der Waals surface area contributed by atoms with E-state index < -0.39 is 0 Å². The zero-order valence-corrected chi connectivity index (χ0v) is 11.8. The van der Waals surface area contributed by atoms with Gasteiger partial charge in [-0.2, -0.15) is 0 Å². The molecule has 1 aromatic carbocycles. The minimum Gasteiger partial charge on any atom is -0.355 e. The highest BCUT2D eigenvalue weighted by atomic mass is 35.5. The Balaban J connectivity index is 0.00000180. The van der Waals surface area contributed by atoms with Gasteiger partial charge in [-0.15, -0.1) is 12.4 Å². The van der Waals surface area contributed by atoms with Crippen LogP contribution in [-0.4, -0.2) is 25.5 Å². The van der Waals surface area contributed by atoms with Gasteiger partial charge in [-0.25, -0.2) is 4.39 Å². The topological polar surface area (TPSA) is 41.1 Å². The molecular formula is C14H20ClFN2O. The highest BCUT2D eigenvalue weighted by Gasteiger charge is 2.19. The van der Waals surface area contributed by atoms with Crippen LogP contribution in [0.2, 0.25) is 0 Å². The number of carbonyl (C=O) groups is 1. The minimum atomic E-state index is -0.249.